The third-order valence-electron chi connectivity index (χ3n) is 4.42. The molecule has 1 amide bonds. The maximum Gasteiger partial charge on any atom is 0.271 e. The summed E-state index contributed by atoms with van der Waals surface area (Å²) in [7, 11) is -2.05. The number of carbonyl (C=O) groups is 1. The summed E-state index contributed by atoms with van der Waals surface area (Å²) in [5.74, 6) is -0.384. The van der Waals surface area contributed by atoms with Gasteiger partial charge >= 0.3 is 0 Å². The van der Waals surface area contributed by atoms with Crippen LogP contribution in [-0.4, -0.2) is 43.2 Å². The Hall–Kier alpha value is -2.98. The molecule has 0 unspecified atom stereocenters. The van der Waals surface area contributed by atoms with Gasteiger partial charge in [0.2, 0.25) is 15.9 Å². The number of carbonyl (C=O) groups excluding carboxylic acids is 1. The monoisotopic (exact) mass is 420 g/mol. The highest BCUT2D eigenvalue weighted by molar-refractivity contribution is 7.89. The van der Waals surface area contributed by atoms with Crippen LogP contribution in [0.1, 0.15) is 19.4 Å². The van der Waals surface area contributed by atoms with Crippen molar-refractivity contribution in [3.63, 3.8) is 0 Å². The number of amides is 1. The molecule has 2 aromatic carbocycles. The van der Waals surface area contributed by atoms with E-state index < -0.39 is 14.9 Å². The molecule has 0 radical (unpaired) electrons. The largest absolute Gasteiger partial charge is 0.376 e. The number of nitrogens with one attached hydrogen (secondary N) is 2. The number of nitro groups is 1. The minimum atomic E-state index is -3.57. The third-order valence-corrected chi connectivity index (χ3v) is 6.47. The van der Waals surface area contributed by atoms with Crippen LogP contribution in [0.4, 0.5) is 17.1 Å². The van der Waals surface area contributed by atoms with Gasteiger partial charge < -0.3 is 10.6 Å². The first-order valence-corrected chi connectivity index (χ1v) is 10.3. The van der Waals surface area contributed by atoms with Crippen LogP contribution in [0.5, 0.6) is 0 Å². The van der Waals surface area contributed by atoms with Crippen molar-refractivity contribution >= 4 is 33.0 Å². The molecule has 0 saturated heterocycles. The van der Waals surface area contributed by atoms with Crippen LogP contribution < -0.4 is 10.6 Å². The van der Waals surface area contributed by atoms with Crippen molar-refractivity contribution < 1.29 is 18.1 Å². The molecule has 0 atom stereocenters. The molecule has 0 spiro atoms. The first-order chi connectivity index (χ1) is 13.5. The fourth-order valence-electron chi connectivity index (χ4n) is 2.42. The van der Waals surface area contributed by atoms with Crippen molar-refractivity contribution in [2.24, 2.45) is 0 Å². The lowest BCUT2D eigenvalue weighted by molar-refractivity contribution is -0.384. The molecule has 0 heterocycles. The van der Waals surface area contributed by atoms with E-state index in [1.807, 2.05) is 0 Å². The fraction of sp³-hybridized carbons (Fsp3) is 0.316. The predicted molar refractivity (Wildman–Crippen MR) is 111 cm³/mol. The molecule has 0 aliphatic carbocycles. The second-order valence-electron chi connectivity index (χ2n) is 6.80. The maximum absolute atomic E-state index is 12.5. The Labute approximate surface area is 169 Å². The van der Waals surface area contributed by atoms with Gasteiger partial charge in [0.05, 0.1) is 22.1 Å². The van der Waals surface area contributed by atoms with E-state index in [0.29, 0.717) is 16.9 Å². The number of benzene rings is 2. The van der Waals surface area contributed by atoms with E-state index in [1.165, 1.54) is 35.6 Å². The average molecular weight is 420 g/mol. The number of non-ortho nitro benzene ring substituents is 1. The number of nitro benzene ring substituents is 1. The molecule has 2 rings (SSSR count). The SMILES string of the molecule is Cc1ccc([N+](=O)[O-])cc1NC(=O)CNc1ccc(S(=O)(=O)N(C)C(C)C)cc1. The van der Waals surface area contributed by atoms with Crippen LogP contribution in [-0.2, 0) is 14.8 Å². The van der Waals surface area contributed by atoms with Gasteiger partial charge in [-0.15, -0.1) is 0 Å². The van der Waals surface area contributed by atoms with Crippen molar-refractivity contribution in [3.8, 4) is 0 Å². The molecule has 2 aromatic rings. The van der Waals surface area contributed by atoms with Crippen molar-refractivity contribution in [2.75, 3.05) is 24.2 Å². The summed E-state index contributed by atoms with van der Waals surface area (Å²) in [6, 6.07) is 10.2. The molecule has 0 fully saturated rings. The number of hydrogen-bond donors (Lipinski definition) is 2. The van der Waals surface area contributed by atoms with Gasteiger partial charge in [0.25, 0.3) is 5.69 Å². The molecule has 0 saturated carbocycles. The quantitative estimate of drug-likeness (QED) is 0.500. The molecule has 0 aliphatic rings. The number of rotatable bonds is 8. The van der Waals surface area contributed by atoms with Gasteiger partial charge in [0.15, 0.2) is 0 Å². The van der Waals surface area contributed by atoms with Gasteiger partial charge in [-0.3, -0.25) is 14.9 Å². The predicted octanol–water partition coefficient (Wildman–Crippen LogP) is 2.98. The van der Waals surface area contributed by atoms with Crippen LogP contribution in [0.15, 0.2) is 47.4 Å². The summed E-state index contributed by atoms with van der Waals surface area (Å²) in [6.45, 7) is 5.23. The number of aryl methyl sites for hydroxylation is 1. The van der Waals surface area contributed by atoms with E-state index in [4.69, 9.17) is 0 Å². The van der Waals surface area contributed by atoms with Gasteiger partial charge in [-0.2, -0.15) is 4.31 Å². The summed E-state index contributed by atoms with van der Waals surface area (Å²) in [6.07, 6.45) is 0. The van der Waals surface area contributed by atoms with Crippen LogP contribution in [0.2, 0.25) is 0 Å². The van der Waals surface area contributed by atoms with Crippen LogP contribution >= 0.6 is 0 Å². The standard InChI is InChI=1S/C19H24N4O5S/c1-13(2)22(4)29(27,28)17-9-6-15(7-10-17)20-12-19(24)21-18-11-16(23(25)26)8-5-14(18)3/h5-11,13,20H,12H2,1-4H3,(H,21,24). The Morgan fingerprint density at radius 1 is 1.17 bits per heavy atom. The summed E-state index contributed by atoms with van der Waals surface area (Å²) in [4.78, 5) is 22.7. The van der Waals surface area contributed by atoms with E-state index >= 15 is 0 Å². The van der Waals surface area contributed by atoms with Gasteiger partial charge in [0.1, 0.15) is 0 Å². The molecular formula is C19H24N4O5S. The highest BCUT2D eigenvalue weighted by Gasteiger charge is 2.22. The topological polar surface area (TPSA) is 122 Å². The lowest BCUT2D eigenvalue weighted by atomic mass is 10.2. The Morgan fingerprint density at radius 2 is 1.79 bits per heavy atom. The molecule has 156 valence electrons. The van der Waals surface area contributed by atoms with Crippen molar-refractivity contribution in [2.45, 2.75) is 31.7 Å². The van der Waals surface area contributed by atoms with Crippen molar-refractivity contribution in [3.05, 3.63) is 58.1 Å². The lowest BCUT2D eigenvalue weighted by Crippen LogP contribution is -2.33. The summed E-state index contributed by atoms with van der Waals surface area (Å²) < 4.78 is 26.2. The van der Waals surface area contributed by atoms with Gasteiger partial charge in [0, 0.05) is 30.9 Å². The summed E-state index contributed by atoms with van der Waals surface area (Å²) >= 11 is 0. The van der Waals surface area contributed by atoms with E-state index in [0.717, 1.165) is 0 Å². The highest BCUT2D eigenvalue weighted by atomic mass is 32.2. The number of hydrogen-bond acceptors (Lipinski definition) is 6. The number of anilines is 2. The van der Waals surface area contributed by atoms with Crippen molar-refractivity contribution in [1.82, 2.24) is 4.31 Å². The molecule has 9 nitrogen and oxygen atoms in total. The minimum Gasteiger partial charge on any atom is -0.376 e. The summed E-state index contributed by atoms with van der Waals surface area (Å²) in [5.41, 5.74) is 1.53. The first-order valence-electron chi connectivity index (χ1n) is 8.89. The lowest BCUT2D eigenvalue weighted by Gasteiger charge is -2.21. The van der Waals surface area contributed by atoms with E-state index in [9.17, 15) is 23.3 Å². The Bertz CT molecular complexity index is 1000. The second-order valence-corrected chi connectivity index (χ2v) is 8.79. The third kappa shape index (κ3) is 5.52. The first kappa shape index (κ1) is 22.3. The molecule has 2 N–H and O–H groups in total. The van der Waals surface area contributed by atoms with Gasteiger partial charge in [-0.25, -0.2) is 8.42 Å². The Balaban J connectivity index is 2.01. The number of sulfonamides is 1. The van der Waals surface area contributed by atoms with E-state index in [1.54, 1.807) is 39.0 Å². The molecule has 0 bridgehead atoms. The zero-order chi connectivity index (χ0) is 21.8. The van der Waals surface area contributed by atoms with Crippen molar-refractivity contribution in [1.29, 1.82) is 0 Å². The second kappa shape index (κ2) is 9.01. The molecule has 29 heavy (non-hydrogen) atoms. The molecule has 0 aliphatic heterocycles. The molecule has 0 aromatic heterocycles. The zero-order valence-corrected chi connectivity index (χ0v) is 17.5. The van der Waals surface area contributed by atoms with Gasteiger partial charge in [-0.05, 0) is 50.6 Å². The average Bonchev–Trinajstić information content (AvgIpc) is 2.67. The van der Waals surface area contributed by atoms with Gasteiger partial charge in [-0.1, -0.05) is 6.07 Å². The van der Waals surface area contributed by atoms with E-state index in [-0.39, 0.29) is 29.1 Å². The van der Waals surface area contributed by atoms with Crippen LogP contribution in [0, 0.1) is 17.0 Å². The minimum absolute atomic E-state index is 0.0832. The normalized spacial score (nSPS) is 11.5. The molecule has 10 heteroatoms. The Kier molecular flexibility index (Phi) is 6.93. The Morgan fingerprint density at radius 3 is 2.34 bits per heavy atom. The number of nitrogens with zero attached hydrogens (tertiary/aromatic N) is 2. The van der Waals surface area contributed by atoms with Crippen LogP contribution in [0.3, 0.4) is 0 Å². The van der Waals surface area contributed by atoms with E-state index in [2.05, 4.69) is 10.6 Å². The highest BCUT2D eigenvalue weighted by Crippen LogP contribution is 2.22. The maximum atomic E-state index is 12.5. The smallest absolute Gasteiger partial charge is 0.271 e. The molecular weight excluding hydrogens is 396 g/mol. The fourth-order valence-corrected chi connectivity index (χ4v) is 3.79. The zero-order valence-electron chi connectivity index (χ0n) is 16.7. The summed E-state index contributed by atoms with van der Waals surface area (Å²) in [5, 5.41) is 16.4. The van der Waals surface area contributed by atoms with Crippen LogP contribution in [0.25, 0.3) is 0 Å².